The van der Waals surface area contributed by atoms with Crippen molar-refractivity contribution in [2.24, 2.45) is 0 Å². The zero-order valence-electron chi connectivity index (χ0n) is 8.21. The second-order valence-electron chi connectivity index (χ2n) is 2.93. The van der Waals surface area contributed by atoms with Crippen molar-refractivity contribution in [2.75, 3.05) is 6.61 Å². The van der Waals surface area contributed by atoms with Gasteiger partial charge in [0.2, 0.25) is 5.82 Å². The number of benzene rings is 1. The van der Waals surface area contributed by atoms with Crippen LogP contribution in [0.25, 0.3) is 0 Å². The monoisotopic (exact) mass is 346 g/mol. The Bertz CT molecular complexity index is 560. The third kappa shape index (κ3) is 3.65. The largest absolute Gasteiger partial charge is 0.485 e. The zero-order chi connectivity index (χ0) is 13.2. The summed E-state index contributed by atoms with van der Waals surface area (Å²) < 4.78 is 53.7. The first-order valence-corrected chi connectivity index (χ1v) is 7.22. The van der Waals surface area contributed by atoms with Gasteiger partial charge in [-0.25, -0.2) is 12.8 Å². The molecule has 0 fully saturated rings. The van der Waals surface area contributed by atoms with E-state index in [0.717, 1.165) is 12.1 Å². The van der Waals surface area contributed by atoms with Crippen LogP contribution in [-0.4, -0.2) is 15.0 Å². The van der Waals surface area contributed by atoms with Gasteiger partial charge in [0.05, 0.1) is 0 Å². The molecule has 0 radical (unpaired) electrons. The Hall–Kier alpha value is -0.660. The average molecular weight is 348 g/mol. The third-order valence-electron chi connectivity index (χ3n) is 1.66. The molecule has 0 atom stereocenters. The number of hydrogen-bond acceptors (Lipinski definition) is 3. The lowest BCUT2D eigenvalue weighted by Crippen LogP contribution is -2.03. The fraction of sp³-hybridized carbons (Fsp3) is 0.111. The van der Waals surface area contributed by atoms with Crippen molar-refractivity contribution in [1.29, 1.82) is 0 Å². The summed E-state index contributed by atoms with van der Waals surface area (Å²) in [6.07, 6.45) is 0. The van der Waals surface area contributed by atoms with Gasteiger partial charge in [-0.15, -0.1) is 0 Å². The van der Waals surface area contributed by atoms with Gasteiger partial charge in [-0.05, 0) is 12.1 Å². The first kappa shape index (κ1) is 14.4. The molecule has 8 heteroatoms. The summed E-state index contributed by atoms with van der Waals surface area (Å²) in [7, 11) is 0.590. The van der Waals surface area contributed by atoms with E-state index in [0.29, 0.717) is 4.48 Å². The molecule has 1 aromatic carbocycles. The van der Waals surface area contributed by atoms with Gasteiger partial charge < -0.3 is 4.74 Å². The van der Waals surface area contributed by atoms with Crippen LogP contribution in [0, 0.1) is 11.6 Å². The van der Waals surface area contributed by atoms with E-state index in [2.05, 4.69) is 22.5 Å². The maximum Gasteiger partial charge on any atom is 0.264 e. The van der Waals surface area contributed by atoms with Crippen LogP contribution in [0.5, 0.6) is 5.75 Å². The van der Waals surface area contributed by atoms with E-state index >= 15 is 0 Å². The van der Waals surface area contributed by atoms with Crippen molar-refractivity contribution in [3.8, 4) is 5.75 Å². The van der Waals surface area contributed by atoms with Crippen molar-refractivity contribution in [3.63, 3.8) is 0 Å². The smallest absolute Gasteiger partial charge is 0.264 e. The van der Waals surface area contributed by atoms with Crippen molar-refractivity contribution >= 4 is 35.7 Å². The van der Waals surface area contributed by atoms with E-state index in [1.54, 1.807) is 0 Å². The molecule has 0 aliphatic carbocycles. The van der Waals surface area contributed by atoms with E-state index in [1.165, 1.54) is 0 Å². The van der Waals surface area contributed by atoms with Gasteiger partial charge in [0.15, 0.2) is 11.6 Å². The second-order valence-corrected chi connectivity index (χ2v) is 6.59. The van der Waals surface area contributed by atoms with Gasteiger partial charge in [-0.3, -0.25) is 0 Å². The van der Waals surface area contributed by atoms with Gasteiger partial charge in [0, 0.05) is 15.2 Å². The molecule has 94 valence electrons. The Labute approximate surface area is 110 Å². The second kappa shape index (κ2) is 5.32. The molecule has 0 heterocycles. The van der Waals surface area contributed by atoms with Crippen LogP contribution < -0.4 is 4.74 Å². The Balaban J connectivity index is 3.16. The predicted octanol–water partition coefficient (Wildman–Crippen LogP) is 3.18. The third-order valence-corrected chi connectivity index (χ3v) is 3.23. The molecule has 0 spiro atoms. The molecule has 0 saturated heterocycles. The van der Waals surface area contributed by atoms with Crippen LogP contribution in [0.15, 0.2) is 28.1 Å². The number of rotatable bonds is 4. The standard InChI is InChI=1S/C9H6BrClF2O3S/c1-5(10)4-16-6-2-3-7(17(11,14)15)9(13)8(6)12/h2-3H,1,4H2. The average Bonchev–Trinajstić information content (AvgIpc) is 2.18. The first-order chi connectivity index (χ1) is 7.73. The molecule has 0 aromatic heterocycles. The van der Waals surface area contributed by atoms with Crippen molar-refractivity contribution in [1.82, 2.24) is 0 Å². The van der Waals surface area contributed by atoms with Crippen LogP contribution in [0.4, 0.5) is 8.78 Å². The highest BCUT2D eigenvalue weighted by Gasteiger charge is 2.22. The topological polar surface area (TPSA) is 43.4 Å². The van der Waals surface area contributed by atoms with Gasteiger partial charge in [-0.2, -0.15) is 4.39 Å². The Morgan fingerprint density at radius 1 is 1.41 bits per heavy atom. The Kier molecular flexibility index (Phi) is 4.51. The highest BCUT2D eigenvalue weighted by molar-refractivity contribution is 9.11. The van der Waals surface area contributed by atoms with Crippen molar-refractivity contribution in [3.05, 3.63) is 34.8 Å². The normalized spacial score (nSPS) is 11.3. The Morgan fingerprint density at radius 3 is 2.47 bits per heavy atom. The SMILES string of the molecule is C=C(Br)COc1ccc(S(=O)(=O)Cl)c(F)c1F. The fourth-order valence-electron chi connectivity index (χ4n) is 0.970. The van der Waals surface area contributed by atoms with Crippen LogP contribution >= 0.6 is 26.6 Å². The Morgan fingerprint density at radius 2 is 2.00 bits per heavy atom. The van der Waals surface area contributed by atoms with Gasteiger partial charge in [-0.1, -0.05) is 22.5 Å². The molecular formula is C9H6BrClF2O3S. The lowest BCUT2D eigenvalue weighted by molar-refractivity contribution is 0.328. The molecular weight excluding hydrogens is 342 g/mol. The number of hydrogen-bond donors (Lipinski definition) is 0. The predicted molar refractivity (Wildman–Crippen MR) is 63.0 cm³/mol. The molecule has 0 amide bonds. The molecule has 0 aliphatic heterocycles. The van der Waals surface area contributed by atoms with Crippen LogP contribution in [0.1, 0.15) is 0 Å². The molecule has 0 saturated carbocycles. The minimum Gasteiger partial charge on any atom is -0.485 e. The summed E-state index contributed by atoms with van der Waals surface area (Å²) in [6, 6.07) is 1.80. The van der Waals surface area contributed by atoms with Crippen LogP contribution in [-0.2, 0) is 9.05 Å². The lowest BCUT2D eigenvalue weighted by Gasteiger charge is -2.08. The van der Waals surface area contributed by atoms with Crippen molar-refractivity contribution < 1.29 is 21.9 Å². The minimum absolute atomic E-state index is 0.0800. The quantitative estimate of drug-likeness (QED) is 0.786. The van der Waals surface area contributed by atoms with E-state index in [4.69, 9.17) is 15.4 Å². The van der Waals surface area contributed by atoms with E-state index in [1.807, 2.05) is 0 Å². The summed E-state index contributed by atoms with van der Waals surface area (Å²) in [5.41, 5.74) is 0. The molecule has 1 rings (SSSR count). The van der Waals surface area contributed by atoms with Gasteiger partial charge in [0.1, 0.15) is 11.5 Å². The van der Waals surface area contributed by atoms with E-state index in [9.17, 15) is 17.2 Å². The fourth-order valence-corrected chi connectivity index (χ4v) is 1.98. The first-order valence-electron chi connectivity index (χ1n) is 4.12. The minimum atomic E-state index is -4.33. The lowest BCUT2D eigenvalue weighted by atomic mass is 10.3. The maximum absolute atomic E-state index is 13.4. The highest BCUT2D eigenvalue weighted by atomic mass is 79.9. The number of halogens is 4. The van der Waals surface area contributed by atoms with Crippen molar-refractivity contribution in [2.45, 2.75) is 4.90 Å². The summed E-state index contributed by atoms with van der Waals surface area (Å²) in [5, 5.41) is 0. The molecule has 17 heavy (non-hydrogen) atoms. The highest BCUT2D eigenvalue weighted by Crippen LogP contribution is 2.27. The van der Waals surface area contributed by atoms with Gasteiger partial charge >= 0.3 is 0 Å². The molecule has 1 aromatic rings. The number of ether oxygens (including phenoxy) is 1. The summed E-state index contributed by atoms with van der Waals surface area (Å²) in [4.78, 5) is -0.929. The summed E-state index contributed by atoms with van der Waals surface area (Å²) in [6.45, 7) is 3.36. The molecule has 0 bridgehead atoms. The van der Waals surface area contributed by atoms with Gasteiger partial charge in [0.25, 0.3) is 9.05 Å². The molecule has 0 unspecified atom stereocenters. The molecule has 0 aliphatic rings. The molecule has 0 N–H and O–H groups in total. The summed E-state index contributed by atoms with van der Waals surface area (Å²) in [5.74, 6) is -3.41. The summed E-state index contributed by atoms with van der Waals surface area (Å²) >= 11 is 2.97. The van der Waals surface area contributed by atoms with Crippen LogP contribution in [0.3, 0.4) is 0 Å². The van der Waals surface area contributed by atoms with Crippen LogP contribution in [0.2, 0.25) is 0 Å². The maximum atomic E-state index is 13.4. The zero-order valence-corrected chi connectivity index (χ0v) is 11.4. The van der Waals surface area contributed by atoms with E-state index < -0.39 is 31.3 Å². The van der Waals surface area contributed by atoms with E-state index in [-0.39, 0.29) is 6.61 Å². The molecule has 3 nitrogen and oxygen atoms in total.